The summed E-state index contributed by atoms with van der Waals surface area (Å²) in [6.45, 7) is 2.97. The van der Waals surface area contributed by atoms with E-state index < -0.39 is 0 Å². The average molecular weight is 293 g/mol. The molecule has 0 bridgehead atoms. The number of aryl methyl sites for hydroxylation is 2. The van der Waals surface area contributed by atoms with Gasteiger partial charge in [0.1, 0.15) is 0 Å². The number of nitrogens with zero attached hydrogens (tertiary/aromatic N) is 2. The van der Waals surface area contributed by atoms with Gasteiger partial charge >= 0.3 is 0 Å². The van der Waals surface area contributed by atoms with E-state index in [1.807, 2.05) is 29.3 Å². The number of aromatic nitrogens is 2. The monoisotopic (exact) mass is 293 g/mol. The van der Waals surface area contributed by atoms with Crippen LogP contribution >= 0.6 is 11.3 Å². The molecule has 0 saturated heterocycles. The molecule has 1 atom stereocenters. The van der Waals surface area contributed by atoms with Gasteiger partial charge in [0.15, 0.2) is 5.75 Å². The number of ether oxygens (including phenoxy) is 1. The fourth-order valence-corrected chi connectivity index (χ4v) is 3.24. The van der Waals surface area contributed by atoms with Gasteiger partial charge in [0.05, 0.1) is 25.0 Å². The van der Waals surface area contributed by atoms with E-state index in [9.17, 15) is 0 Å². The zero-order valence-electron chi connectivity index (χ0n) is 12.4. The van der Waals surface area contributed by atoms with E-state index >= 15 is 0 Å². The maximum atomic E-state index is 5.44. The highest BCUT2D eigenvalue weighted by Gasteiger charge is 2.19. The lowest BCUT2D eigenvalue weighted by molar-refractivity contribution is 0.389. The van der Waals surface area contributed by atoms with E-state index in [0.29, 0.717) is 0 Å². The molecule has 4 nitrogen and oxygen atoms in total. The molecule has 0 saturated carbocycles. The summed E-state index contributed by atoms with van der Waals surface area (Å²) in [6.07, 6.45) is 5.18. The van der Waals surface area contributed by atoms with Crippen molar-refractivity contribution in [3.8, 4) is 5.75 Å². The third-order valence-electron chi connectivity index (χ3n) is 3.54. The minimum Gasteiger partial charge on any atom is -0.493 e. The van der Waals surface area contributed by atoms with Crippen molar-refractivity contribution in [3.05, 3.63) is 34.3 Å². The van der Waals surface area contributed by atoms with Crippen LogP contribution in [-0.4, -0.2) is 23.9 Å². The SMILES string of the molecule is CCn1ncc(OC)c1C(CCCc1cccs1)NC. The molecule has 0 aromatic carbocycles. The molecule has 0 fully saturated rings. The largest absolute Gasteiger partial charge is 0.493 e. The molecule has 0 radical (unpaired) electrons. The number of methoxy groups -OCH3 is 1. The number of rotatable bonds is 8. The first-order chi connectivity index (χ1) is 9.80. The molecule has 0 aliphatic heterocycles. The molecule has 110 valence electrons. The fourth-order valence-electron chi connectivity index (χ4n) is 2.49. The summed E-state index contributed by atoms with van der Waals surface area (Å²) >= 11 is 1.83. The first-order valence-electron chi connectivity index (χ1n) is 7.09. The highest BCUT2D eigenvalue weighted by atomic mass is 32.1. The Hall–Kier alpha value is -1.33. The van der Waals surface area contributed by atoms with Crippen LogP contribution in [0.1, 0.15) is 36.4 Å². The maximum Gasteiger partial charge on any atom is 0.161 e. The molecule has 0 aliphatic rings. The van der Waals surface area contributed by atoms with E-state index in [0.717, 1.165) is 37.3 Å². The molecule has 0 spiro atoms. The predicted molar refractivity (Wildman–Crippen MR) is 83.5 cm³/mol. The molecule has 2 aromatic rings. The maximum absolute atomic E-state index is 5.44. The van der Waals surface area contributed by atoms with Crippen molar-refractivity contribution < 1.29 is 4.74 Å². The van der Waals surface area contributed by atoms with Crippen molar-refractivity contribution in [1.29, 1.82) is 0 Å². The summed E-state index contributed by atoms with van der Waals surface area (Å²) in [5.41, 5.74) is 1.16. The molecular formula is C15H23N3OS. The summed E-state index contributed by atoms with van der Waals surface area (Å²) in [5, 5.41) is 9.92. The van der Waals surface area contributed by atoms with E-state index in [-0.39, 0.29) is 6.04 Å². The number of nitrogens with one attached hydrogen (secondary N) is 1. The fraction of sp³-hybridized carbons (Fsp3) is 0.533. The second-order valence-electron chi connectivity index (χ2n) is 4.73. The van der Waals surface area contributed by atoms with Gasteiger partial charge in [-0.1, -0.05) is 6.07 Å². The van der Waals surface area contributed by atoms with E-state index in [4.69, 9.17) is 4.74 Å². The van der Waals surface area contributed by atoms with Crippen molar-refractivity contribution in [2.24, 2.45) is 0 Å². The Bertz CT molecular complexity index is 486. The third-order valence-corrected chi connectivity index (χ3v) is 4.48. The van der Waals surface area contributed by atoms with Crippen LogP contribution in [0.2, 0.25) is 0 Å². The van der Waals surface area contributed by atoms with E-state index in [2.05, 4.69) is 34.9 Å². The van der Waals surface area contributed by atoms with Gasteiger partial charge in [0, 0.05) is 11.4 Å². The van der Waals surface area contributed by atoms with Crippen LogP contribution in [0.25, 0.3) is 0 Å². The van der Waals surface area contributed by atoms with Crippen molar-refractivity contribution in [2.75, 3.05) is 14.2 Å². The highest BCUT2D eigenvalue weighted by Crippen LogP contribution is 2.28. The smallest absolute Gasteiger partial charge is 0.161 e. The van der Waals surface area contributed by atoms with Crippen molar-refractivity contribution in [2.45, 2.75) is 38.8 Å². The van der Waals surface area contributed by atoms with Crippen LogP contribution < -0.4 is 10.1 Å². The normalized spacial score (nSPS) is 12.6. The zero-order valence-corrected chi connectivity index (χ0v) is 13.2. The first-order valence-corrected chi connectivity index (χ1v) is 7.97. The van der Waals surface area contributed by atoms with Gasteiger partial charge in [-0.15, -0.1) is 11.3 Å². The van der Waals surface area contributed by atoms with Crippen LogP contribution in [0.4, 0.5) is 0 Å². The van der Waals surface area contributed by atoms with Gasteiger partial charge in [-0.3, -0.25) is 4.68 Å². The Morgan fingerprint density at radius 2 is 2.35 bits per heavy atom. The molecule has 0 aliphatic carbocycles. The second kappa shape index (κ2) is 7.45. The molecule has 20 heavy (non-hydrogen) atoms. The third kappa shape index (κ3) is 3.41. The summed E-state index contributed by atoms with van der Waals surface area (Å²) < 4.78 is 7.46. The Balaban J connectivity index is 2.02. The van der Waals surface area contributed by atoms with Crippen LogP contribution in [-0.2, 0) is 13.0 Å². The van der Waals surface area contributed by atoms with Crippen LogP contribution in [0.3, 0.4) is 0 Å². The number of hydrogen-bond donors (Lipinski definition) is 1. The Labute approximate surface area is 124 Å². The summed E-state index contributed by atoms with van der Waals surface area (Å²) in [7, 11) is 3.71. The van der Waals surface area contributed by atoms with Gasteiger partial charge in [-0.25, -0.2) is 0 Å². The van der Waals surface area contributed by atoms with Crippen molar-refractivity contribution in [3.63, 3.8) is 0 Å². The summed E-state index contributed by atoms with van der Waals surface area (Å²) in [6, 6.07) is 4.60. The Morgan fingerprint density at radius 3 is 2.95 bits per heavy atom. The quantitative estimate of drug-likeness (QED) is 0.812. The van der Waals surface area contributed by atoms with E-state index in [1.54, 1.807) is 7.11 Å². The molecule has 1 N–H and O–H groups in total. The zero-order chi connectivity index (χ0) is 14.4. The molecule has 0 amide bonds. The van der Waals surface area contributed by atoms with Gasteiger partial charge in [-0.2, -0.15) is 5.10 Å². The van der Waals surface area contributed by atoms with Gasteiger partial charge in [0.2, 0.25) is 0 Å². The summed E-state index contributed by atoms with van der Waals surface area (Å²) in [5.74, 6) is 0.877. The van der Waals surface area contributed by atoms with Gasteiger partial charge in [0.25, 0.3) is 0 Å². The predicted octanol–water partition coefficient (Wildman–Crippen LogP) is 3.26. The number of hydrogen-bond acceptors (Lipinski definition) is 4. The second-order valence-corrected chi connectivity index (χ2v) is 5.76. The minimum absolute atomic E-state index is 0.285. The molecule has 2 heterocycles. The first kappa shape index (κ1) is 15.1. The van der Waals surface area contributed by atoms with Crippen molar-refractivity contribution >= 4 is 11.3 Å². The van der Waals surface area contributed by atoms with Crippen molar-refractivity contribution in [1.82, 2.24) is 15.1 Å². The van der Waals surface area contributed by atoms with Crippen LogP contribution in [0.5, 0.6) is 5.75 Å². The molecule has 2 aromatic heterocycles. The molecule has 2 rings (SSSR count). The summed E-state index contributed by atoms with van der Waals surface area (Å²) in [4.78, 5) is 1.45. The Morgan fingerprint density at radius 1 is 1.50 bits per heavy atom. The van der Waals surface area contributed by atoms with Crippen LogP contribution in [0.15, 0.2) is 23.7 Å². The van der Waals surface area contributed by atoms with Gasteiger partial charge in [-0.05, 0) is 44.7 Å². The topological polar surface area (TPSA) is 39.1 Å². The molecule has 5 heteroatoms. The Kier molecular flexibility index (Phi) is 5.61. The standard InChI is InChI=1S/C15H23N3OS/c1-4-18-15(14(19-3)11-17-18)13(16-2)9-5-7-12-8-6-10-20-12/h6,8,10-11,13,16H,4-5,7,9H2,1-3H3. The lowest BCUT2D eigenvalue weighted by Crippen LogP contribution is -2.21. The molecular weight excluding hydrogens is 270 g/mol. The number of thiophene rings is 1. The highest BCUT2D eigenvalue weighted by molar-refractivity contribution is 7.09. The van der Waals surface area contributed by atoms with Crippen LogP contribution in [0, 0.1) is 0 Å². The minimum atomic E-state index is 0.285. The lowest BCUT2D eigenvalue weighted by Gasteiger charge is -2.18. The van der Waals surface area contributed by atoms with Gasteiger partial charge < -0.3 is 10.1 Å². The molecule has 1 unspecified atom stereocenters. The lowest BCUT2D eigenvalue weighted by atomic mass is 10.1. The van der Waals surface area contributed by atoms with E-state index in [1.165, 1.54) is 4.88 Å². The average Bonchev–Trinajstić information content (AvgIpc) is 3.12.